The zero-order chi connectivity index (χ0) is 14.3. The van der Waals surface area contributed by atoms with Crippen LogP contribution in [0.3, 0.4) is 0 Å². The molecule has 0 saturated carbocycles. The Labute approximate surface area is 121 Å². The lowest BCUT2D eigenvalue weighted by Gasteiger charge is -2.23. The van der Waals surface area contributed by atoms with Gasteiger partial charge in [0.2, 0.25) is 0 Å². The van der Waals surface area contributed by atoms with Crippen molar-refractivity contribution in [2.45, 2.75) is 33.7 Å². The van der Waals surface area contributed by atoms with E-state index in [0.29, 0.717) is 0 Å². The Morgan fingerprint density at radius 3 is 2.79 bits per heavy atom. The standard InChI is InChI=1S/C15H24ClN3/c1-5-7-17-9-13-8-15(18-10-14(13)16)19(6-2)11-12(3)4/h8,10,17H,3,5-7,9,11H2,1-2,4H3. The molecule has 1 heterocycles. The Morgan fingerprint density at radius 1 is 1.47 bits per heavy atom. The molecule has 1 N–H and O–H groups in total. The Morgan fingerprint density at radius 2 is 2.21 bits per heavy atom. The van der Waals surface area contributed by atoms with Crippen molar-refractivity contribution in [3.63, 3.8) is 0 Å². The first-order chi connectivity index (χ1) is 9.08. The molecule has 0 amide bonds. The van der Waals surface area contributed by atoms with Gasteiger partial charge >= 0.3 is 0 Å². The van der Waals surface area contributed by atoms with E-state index in [9.17, 15) is 0 Å². The number of pyridine rings is 1. The number of nitrogens with zero attached hydrogens (tertiary/aromatic N) is 2. The average Bonchev–Trinajstić information content (AvgIpc) is 2.38. The summed E-state index contributed by atoms with van der Waals surface area (Å²) in [7, 11) is 0. The van der Waals surface area contributed by atoms with Gasteiger partial charge in [-0.25, -0.2) is 4.98 Å². The molecule has 0 saturated heterocycles. The van der Waals surface area contributed by atoms with Crippen molar-refractivity contribution in [1.29, 1.82) is 0 Å². The maximum atomic E-state index is 6.19. The summed E-state index contributed by atoms with van der Waals surface area (Å²) in [6.45, 7) is 13.8. The van der Waals surface area contributed by atoms with Crippen LogP contribution in [0.2, 0.25) is 5.02 Å². The van der Waals surface area contributed by atoms with Crippen molar-refractivity contribution in [2.24, 2.45) is 0 Å². The summed E-state index contributed by atoms with van der Waals surface area (Å²) in [4.78, 5) is 6.61. The summed E-state index contributed by atoms with van der Waals surface area (Å²) in [6.07, 6.45) is 2.85. The summed E-state index contributed by atoms with van der Waals surface area (Å²) in [6, 6.07) is 2.07. The Balaban J connectivity index is 2.83. The number of anilines is 1. The van der Waals surface area contributed by atoms with E-state index < -0.39 is 0 Å². The molecule has 1 aromatic heterocycles. The van der Waals surface area contributed by atoms with Crippen molar-refractivity contribution in [2.75, 3.05) is 24.5 Å². The van der Waals surface area contributed by atoms with Gasteiger partial charge in [0.05, 0.1) is 5.02 Å². The second-order valence-corrected chi connectivity index (χ2v) is 5.19. The average molecular weight is 282 g/mol. The summed E-state index contributed by atoms with van der Waals surface area (Å²) in [5.74, 6) is 0.961. The Bertz CT molecular complexity index is 418. The number of nitrogens with one attached hydrogen (secondary N) is 1. The van der Waals surface area contributed by atoms with Gasteiger partial charge in [0, 0.05) is 25.8 Å². The fourth-order valence-electron chi connectivity index (χ4n) is 1.86. The van der Waals surface area contributed by atoms with Crippen LogP contribution in [-0.4, -0.2) is 24.6 Å². The highest BCUT2D eigenvalue weighted by molar-refractivity contribution is 6.31. The molecule has 0 unspecified atom stereocenters. The van der Waals surface area contributed by atoms with Gasteiger partial charge in [-0.15, -0.1) is 0 Å². The van der Waals surface area contributed by atoms with E-state index >= 15 is 0 Å². The zero-order valence-corrected chi connectivity index (χ0v) is 12.9. The lowest BCUT2D eigenvalue weighted by Crippen LogP contribution is -2.25. The molecule has 0 aliphatic rings. The molecule has 19 heavy (non-hydrogen) atoms. The third-order valence-electron chi connectivity index (χ3n) is 2.83. The Kier molecular flexibility index (Phi) is 6.89. The zero-order valence-electron chi connectivity index (χ0n) is 12.2. The first kappa shape index (κ1) is 16.0. The summed E-state index contributed by atoms with van der Waals surface area (Å²) >= 11 is 6.19. The number of hydrogen-bond acceptors (Lipinski definition) is 3. The monoisotopic (exact) mass is 281 g/mol. The smallest absolute Gasteiger partial charge is 0.129 e. The quantitative estimate of drug-likeness (QED) is 0.582. The number of rotatable bonds is 8. The van der Waals surface area contributed by atoms with Crippen molar-refractivity contribution in [1.82, 2.24) is 10.3 Å². The molecule has 4 heteroatoms. The summed E-state index contributed by atoms with van der Waals surface area (Å²) in [5.41, 5.74) is 2.23. The molecular formula is C15H24ClN3. The maximum Gasteiger partial charge on any atom is 0.129 e. The third kappa shape index (κ3) is 5.21. The molecule has 0 aromatic carbocycles. The Hall–Kier alpha value is -1.06. The van der Waals surface area contributed by atoms with Gasteiger partial charge in [-0.2, -0.15) is 0 Å². The van der Waals surface area contributed by atoms with Crippen LogP contribution in [0.15, 0.2) is 24.4 Å². The molecule has 0 fully saturated rings. The number of aromatic nitrogens is 1. The van der Waals surface area contributed by atoms with E-state index in [-0.39, 0.29) is 0 Å². The number of hydrogen-bond donors (Lipinski definition) is 1. The third-order valence-corrected chi connectivity index (χ3v) is 3.17. The van der Waals surface area contributed by atoms with Gasteiger partial charge in [-0.1, -0.05) is 30.7 Å². The minimum absolute atomic E-state index is 0.721. The number of likely N-dealkylation sites (N-methyl/N-ethyl adjacent to an activating group) is 1. The second kappa shape index (κ2) is 8.18. The van der Waals surface area contributed by atoms with Crippen LogP contribution in [-0.2, 0) is 6.54 Å². The van der Waals surface area contributed by atoms with Crippen LogP contribution in [0.5, 0.6) is 0 Å². The van der Waals surface area contributed by atoms with Crippen LogP contribution >= 0.6 is 11.6 Å². The van der Waals surface area contributed by atoms with Crippen molar-refractivity contribution < 1.29 is 0 Å². The van der Waals surface area contributed by atoms with Gasteiger partial charge in [0.1, 0.15) is 5.82 Å². The van der Waals surface area contributed by atoms with E-state index in [1.54, 1.807) is 6.20 Å². The van der Waals surface area contributed by atoms with Crippen molar-refractivity contribution >= 4 is 17.4 Å². The highest BCUT2D eigenvalue weighted by atomic mass is 35.5. The van der Waals surface area contributed by atoms with Gasteiger partial charge < -0.3 is 10.2 Å². The molecule has 0 radical (unpaired) electrons. The molecule has 0 aliphatic heterocycles. The van der Waals surface area contributed by atoms with Crippen LogP contribution in [0.4, 0.5) is 5.82 Å². The molecule has 106 valence electrons. The summed E-state index contributed by atoms with van der Waals surface area (Å²) in [5, 5.41) is 4.09. The van der Waals surface area contributed by atoms with E-state index in [2.05, 4.69) is 41.7 Å². The van der Waals surface area contributed by atoms with Gasteiger partial charge in [-0.05, 0) is 38.4 Å². The van der Waals surface area contributed by atoms with Gasteiger partial charge in [-0.3, -0.25) is 0 Å². The SMILES string of the molecule is C=C(C)CN(CC)c1cc(CNCCC)c(Cl)cn1. The minimum Gasteiger partial charge on any atom is -0.353 e. The van der Waals surface area contributed by atoms with Crippen molar-refractivity contribution in [3.05, 3.63) is 35.0 Å². The van der Waals surface area contributed by atoms with E-state index in [4.69, 9.17) is 11.6 Å². The van der Waals surface area contributed by atoms with E-state index in [1.807, 2.05) is 6.92 Å². The first-order valence-electron chi connectivity index (χ1n) is 6.82. The highest BCUT2D eigenvalue weighted by Crippen LogP contribution is 2.21. The first-order valence-corrected chi connectivity index (χ1v) is 7.20. The second-order valence-electron chi connectivity index (χ2n) is 4.78. The largest absolute Gasteiger partial charge is 0.353 e. The van der Waals surface area contributed by atoms with E-state index in [1.165, 1.54) is 0 Å². The predicted octanol–water partition coefficient (Wildman–Crippen LogP) is 3.64. The molecule has 0 aliphatic carbocycles. The van der Waals surface area contributed by atoms with Crippen LogP contribution in [0.25, 0.3) is 0 Å². The molecule has 0 atom stereocenters. The highest BCUT2D eigenvalue weighted by Gasteiger charge is 2.09. The predicted molar refractivity (Wildman–Crippen MR) is 83.9 cm³/mol. The van der Waals surface area contributed by atoms with Crippen LogP contribution < -0.4 is 10.2 Å². The van der Waals surface area contributed by atoms with Crippen molar-refractivity contribution in [3.8, 4) is 0 Å². The molecule has 0 bridgehead atoms. The maximum absolute atomic E-state index is 6.19. The fraction of sp³-hybridized carbons (Fsp3) is 0.533. The lowest BCUT2D eigenvalue weighted by molar-refractivity contribution is 0.674. The summed E-state index contributed by atoms with van der Waals surface area (Å²) < 4.78 is 0. The van der Waals surface area contributed by atoms with E-state index in [0.717, 1.165) is 54.6 Å². The molecule has 1 aromatic rings. The fourth-order valence-corrected chi connectivity index (χ4v) is 2.03. The molecule has 0 spiro atoms. The van der Waals surface area contributed by atoms with Crippen LogP contribution in [0, 0.1) is 0 Å². The topological polar surface area (TPSA) is 28.2 Å². The molecule has 1 rings (SSSR count). The number of halogens is 1. The van der Waals surface area contributed by atoms with Gasteiger partial charge in [0.25, 0.3) is 0 Å². The normalized spacial score (nSPS) is 10.5. The molecule has 3 nitrogen and oxygen atoms in total. The van der Waals surface area contributed by atoms with Gasteiger partial charge in [0.15, 0.2) is 0 Å². The molecular weight excluding hydrogens is 258 g/mol. The van der Waals surface area contributed by atoms with Crippen LogP contribution in [0.1, 0.15) is 32.8 Å². The lowest BCUT2D eigenvalue weighted by atomic mass is 10.2. The minimum atomic E-state index is 0.721.